The van der Waals surface area contributed by atoms with Gasteiger partial charge in [0.2, 0.25) is 0 Å². The Morgan fingerprint density at radius 2 is 2.29 bits per heavy atom. The standard InChI is InChI=1S/C12H13FN2O2/c1-3-8(12(16)17)10-5-9-11(15(10)2)4-7(13)6-14-9/h4-6,8H,3H2,1-2H3,(H,16,17). The van der Waals surface area contributed by atoms with E-state index in [9.17, 15) is 9.18 Å². The van der Waals surface area contributed by atoms with Gasteiger partial charge in [-0.05, 0) is 12.5 Å². The molecule has 0 spiro atoms. The first-order valence-electron chi connectivity index (χ1n) is 5.38. The number of fused-ring (bicyclic) bond motifs is 1. The molecule has 0 aliphatic carbocycles. The van der Waals surface area contributed by atoms with Crippen molar-refractivity contribution in [2.75, 3.05) is 0 Å². The monoisotopic (exact) mass is 236 g/mol. The zero-order valence-corrected chi connectivity index (χ0v) is 9.64. The number of carboxylic acids is 1. The van der Waals surface area contributed by atoms with Crippen LogP contribution in [0.5, 0.6) is 0 Å². The van der Waals surface area contributed by atoms with Crippen LogP contribution in [0.3, 0.4) is 0 Å². The van der Waals surface area contributed by atoms with Crippen LogP contribution in [0.2, 0.25) is 0 Å². The molecule has 5 heteroatoms. The maximum Gasteiger partial charge on any atom is 0.312 e. The summed E-state index contributed by atoms with van der Waals surface area (Å²) < 4.78 is 14.8. The van der Waals surface area contributed by atoms with Crippen molar-refractivity contribution in [1.29, 1.82) is 0 Å². The molecule has 0 amide bonds. The van der Waals surface area contributed by atoms with Crippen molar-refractivity contribution in [3.8, 4) is 0 Å². The van der Waals surface area contributed by atoms with Crippen LogP contribution in [0.25, 0.3) is 11.0 Å². The van der Waals surface area contributed by atoms with Crippen molar-refractivity contribution in [1.82, 2.24) is 9.55 Å². The number of rotatable bonds is 3. The van der Waals surface area contributed by atoms with Crippen molar-refractivity contribution in [2.24, 2.45) is 7.05 Å². The van der Waals surface area contributed by atoms with E-state index in [1.807, 2.05) is 6.92 Å². The van der Waals surface area contributed by atoms with Crippen molar-refractivity contribution in [2.45, 2.75) is 19.3 Å². The molecule has 1 atom stereocenters. The lowest BCUT2D eigenvalue weighted by Crippen LogP contribution is -2.13. The molecule has 2 aromatic heterocycles. The lowest BCUT2D eigenvalue weighted by molar-refractivity contribution is -0.139. The van der Waals surface area contributed by atoms with Crippen molar-refractivity contribution < 1.29 is 14.3 Å². The van der Waals surface area contributed by atoms with E-state index in [1.54, 1.807) is 17.7 Å². The summed E-state index contributed by atoms with van der Waals surface area (Å²) in [6, 6.07) is 3.07. The number of hydrogen-bond donors (Lipinski definition) is 1. The first-order valence-corrected chi connectivity index (χ1v) is 5.38. The molecule has 2 rings (SSSR count). The van der Waals surface area contributed by atoms with Crippen LogP contribution in [-0.4, -0.2) is 20.6 Å². The maximum atomic E-state index is 13.1. The van der Waals surface area contributed by atoms with Gasteiger partial charge in [-0.1, -0.05) is 6.92 Å². The van der Waals surface area contributed by atoms with Crippen molar-refractivity contribution in [3.05, 3.63) is 29.8 Å². The Labute approximate surface area is 97.7 Å². The third-order valence-corrected chi connectivity index (χ3v) is 2.96. The van der Waals surface area contributed by atoms with Gasteiger partial charge in [-0.3, -0.25) is 9.78 Å². The number of aromatic nitrogens is 2. The van der Waals surface area contributed by atoms with Crippen LogP contribution in [0, 0.1) is 5.82 Å². The maximum absolute atomic E-state index is 13.1. The molecule has 0 bridgehead atoms. The minimum atomic E-state index is -0.876. The SMILES string of the molecule is CCC(C(=O)O)c1cc2ncc(F)cc2n1C. The second-order valence-corrected chi connectivity index (χ2v) is 3.99. The van der Waals surface area contributed by atoms with Crippen LogP contribution in [0.4, 0.5) is 4.39 Å². The summed E-state index contributed by atoms with van der Waals surface area (Å²) in [5, 5.41) is 9.12. The van der Waals surface area contributed by atoms with Gasteiger partial charge in [0.1, 0.15) is 5.82 Å². The fourth-order valence-electron chi connectivity index (χ4n) is 2.04. The molecule has 2 aromatic rings. The summed E-state index contributed by atoms with van der Waals surface area (Å²) in [4.78, 5) is 15.1. The van der Waals surface area contributed by atoms with Crippen molar-refractivity contribution in [3.63, 3.8) is 0 Å². The van der Waals surface area contributed by atoms with Gasteiger partial charge in [0.05, 0.1) is 23.1 Å². The Bertz CT molecular complexity index is 577. The highest BCUT2D eigenvalue weighted by Gasteiger charge is 2.22. The summed E-state index contributed by atoms with van der Waals surface area (Å²) in [6.45, 7) is 1.81. The fraction of sp³-hybridized carbons (Fsp3) is 0.333. The largest absolute Gasteiger partial charge is 0.481 e. The fourth-order valence-corrected chi connectivity index (χ4v) is 2.04. The zero-order chi connectivity index (χ0) is 12.6. The highest BCUT2D eigenvalue weighted by molar-refractivity contribution is 5.82. The molecular weight excluding hydrogens is 223 g/mol. The summed E-state index contributed by atoms with van der Waals surface area (Å²) in [5.74, 6) is -1.88. The molecule has 17 heavy (non-hydrogen) atoms. The number of halogens is 1. The Hall–Kier alpha value is -1.91. The van der Waals surface area contributed by atoms with Crippen LogP contribution < -0.4 is 0 Å². The average molecular weight is 236 g/mol. The number of hydrogen-bond acceptors (Lipinski definition) is 2. The molecule has 0 fully saturated rings. The average Bonchev–Trinajstić information content (AvgIpc) is 2.58. The highest BCUT2D eigenvalue weighted by atomic mass is 19.1. The lowest BCUT2D eigenvalue weighted by Gasteiger charge is -2.11. The van der Waals surface area contributed by atoms with E-state index in [2.05, 4.69) is 4.98 Å². The van der Waals surface area contributed by atoms with E-state index in [4.69, 9.17) is 5.11 Å². The smallest absolute Gasteiger partial charge is 0.312 e. The van der Waals surface area contributed by atoms with Gasteiger partial charge in [-0.2, -0.15) is 0 Å². The van der Waals surface area contributed by atoms with E-state index in [-0.39, 0.29) is 0 Å². The van der Waals surface area contributed by atoms with Crippen LogP contribution >= 0.6 is 0 Å². The van der Waals surface area contributed by atoms with Crippen LogP contribution in [0.1, 0.15) is 25.0 Å². The van der Waals surface area contributed by atoms with Crippen LogP contribution in [0.15, 0.2) is 18.3 Å². The molecule has 1 unspecified atom stereocenters. The summed E-state index contributed by atoms with van der Waals surface area (Å²) in [5.41, 5.74) is 1.87. The number of carbonyl (C=O) groups is 1. The predicted octanol–water partition coefficient (Wildman–Crippen LogP) is 2.29. The first-order chi connectivity index (χ1) is 8.04. The molecule has 0 saturated carbocycles. The van der Waals surface area contributed by atoms with E-state index in [0.29, 0.717) is 23.1 Å². The third kappa shape index (κ3) is 1.88. The Morgan fingerprint density at radius 1 is 1.59 bits per heavy atom. The third-order valence-electron chi connectivity index (χ3n) is 2.96. The number of aryl methyl sites for hydroxylation is 1. The van der Waals surface area contributed by atoms with Crippen molar-refractivity contribution >= 4 is 17.0 Å². The molecule has 0 aliphatic heterocycles. The minimum absolute atomic E-state index is 0.423. The molecule has 0 aromatic carbocycles. The van der Waals surface area contributed by atoms with E-state index in [0.717, 1.165) is 6.20 Å². The lowest BCUT2D eigenvalue weighted by atomic mass is 10.0. The predicted molar refractivity (Wildman–Crippen MR) is 61.3 cm³/mol. The molecular formula is C12H13FN2O2. The van der Waals surface area contributed by atoms with Gasteiger partial charge in [0, 0.05) is 18.8 Å². The Morgan fingerprint density at radius 3 is 2.88 bits per heavy atom. The first kappa shape index (κ1) is 11.6. The number of nitrogens with zero attached hydrogens (tertiary/aromatic N) is 2. The second kappa shape index (κ2) is 4.16. The second-order valence-electron chi connectivity index (χ2n) is 3.99. The molecule has 2 heterocycles. The van der Waals surface area contributed by atoms with Gasteiger partial charge < -0.3 is 9.67 Å². The Kier molecular flexibility index (Phi) is 2.83. The number of pyridine rings is 1. The van der Waals surface area contributed by atoms with E-state index in [1.165, 1.54) is 6.07 Å². The van der Waals surface area contributed by atoms with E-state index >= 15 is 0 Å². The topological polar surface area (TPSA) is 55.1 Å². The zero-order valence-electron chi connectivity index (χ0n) is 9.64. The molecule has 0 saturated heterocycles. The van der Waals surface area contributed by atoms with Gasteiger partial charge in [-0.25, -0.2) is 4.39 Å². The highest BCUT2D eigenvalue weighted by Crippen LogP contribution is 2.26. The van der Waals surface area contributed by atoms with E-state index < -0.39 is 17.7 Å². The number of carboxylic acid groups (broad SMARTS) is 1. The molecule has 90 valence electrons. The number of aliphatic carboxylic acids is 1. The van der Waals surface area contributed by atoms with Crippen LogP contribution in [-0.2, 0) is 11.8 Å². The van der Waals surface area contributed by atoms with Gasteiger partial charge in [0.25, 0.3) is 0 Å². The van der Waals surface area contributed by atoms with Gasteiger partial charge in [-0.15, -0.1) is 0 Å². The summed E-state index contributed by atoms with van der Waals surface area (Å²) >= 11 is 0. The quantitative estimate of drug-likeness (QED) is 0.889. The van der Waals surface area contributed by atoms with Gasteiger partial charge >= 0.3 is 5.97 Å². The summed E-state index contributed by atoms with van der Waals surface area (Å²) in [7, 11) is 1.73. The molecule has 0 radical (unpaired) electrons. The molecule has 0 aliphatic rings. The summed E-state index contributed by atoms with van der Waals surface area (Å²) in [6.07, 6.45) is 1.62. The normalized spacial score (nSPS) is 12.9. The molecule has 1 N–H and O–H groups in total. The Balaban J connectivity index is 2.63. The molecule has 4 nitrogen and oxygen atoms in total. The minimum Gasteiger partial charge on any atom is -0.481 e. The van der Waals surface area contributed by atoms with Gasteiger partial charge in [0.15, 0.2) is 0 Å².